The lowest BCUT2D eigenvalue weighted by Crippen LogP contribution is -2.18. The third kappa shape index (κ3) is 15.1. The fraction of sp³-hybridized carbons (Fsp3) is 0.875. The summed E-state index contributed by atoms with van der Waals surface area (Å²) >= 11 is 0. The highest BCUT2D eigenvalue weighted by Gasteiger charge is 2.14. The lowest BCUT2D eigenvalue weighted by atomic mass is 9.98. The van der Waals surface area contributed by atoms with E-state index in [1.165, 1.54) is 33.1 Å². The molecule has 0 aliphatic heterocycles. The molecule has 0 unspecified atom stereocenters. The van der Waals surface area contributed by atoms with Gasteiger partial charge < -0.3 is 14.2 Å². The van der Waals surface area contributed by atoms with Gasteiger partial charge in [0.05, 0.1) is 6.61 Å². The highest BCUT2D eigenvalue weighted by atomic mass is 16.6. The highest BCUT2D eigenvalue weighted by Crippen LogP contribution is 2.19. The predicted octanol–water partition coefficient (Wildman–Crippen LogP) is 3.25. The predicted molar refractivity (Wildman–Crippen MR) is 81.0 cm³/mol. The Morgan fingerprint density at radius 2 is 1.62 bits per heavy atom. The van der Waals surface area contributed by atoms with Crippen molar-refractivity contribution in [3.8, 4) is 0 Å². The van der Waals surface area contributed by atoms with E-state index in [2.05, 4.69) is 11.7 Å². The summed E-state index contributed by atoms with van der Waals surface area (Å²) in [7, 11) is 0. The molecule has 0 saturated heterocycles. The summed E-state index contributed by atoms with van der Waals surface area (Å²) in [6.45, 7) is 6.63. The first-order valence-electron chi connectivity index (χ1n) is 7.94. The summed E-state index contributed by atoms with van der Waals surface area (Å²) < 4.78 is 14.9. The number of carbonyl (C=O) groups excluding carboxylic acids is 2. The Morgan fingerprint density at radius 3 is 2.14 bits per heavy atom. The molecular weight excluding hydrogens is 272 g/mol. The maximum atomic E-state index is 10.5. The second-order valence-corrected chi connectivity index (χ2v) is 5.18. The molecule has 5 heteroatoms. The second kappa shape index (κ2) is 13.9. The molecule has 1 aliphatic carbocycles. The quantitative estimate of drug-likeness (QED) is 0.533. The molecule has 0 aromatic carbocycles. The standard InChI is InChI=1S/C8H16O3.C8H14O2/c1-3-4-5-10-6-7-11-8(2)9;1-7(9)10-8-5-3-2-4-6-8/h3-7H2,1-2H3;8H,2-6H2,1H3. The van der Waals surface area contributed by atoms with Gasteiger partial charge in [-0.25, -0.2) is 0 Å². The van der Waals surface area contributed by atoms with Crippen LogP contribution in [0.25, 0.3) is 0 Å². The van der Waals surface area contributed by atoms with E-state index in [4.69, 9.17) is 9.47 Å². The number of esters is 2. The molecule has 0 atom stereocenters. The van der Waals surface area contributed by atoms with Gasteiger partial charge in [0.2, 0.25) is 0 Å². The number of hydrogen-bond acceptors (Lipinski definition) is 5. The Balaban J connectivity index is 0.000000382. The lowest BCUT2D eigenvalue weighted by Gasteiger charge is -2.20. The maximum absolute atomic E-state index is 10.5. The summed E-state index contributed by atoms with van der Waals surface area (Å²) in [5.41, 5.74) is 0. The second-order valence-electron chi connectivity index (χ2n) is 5.18. The molecule has 0 spiro atoms. The summed E-state index contributed by atoms with van der Waals surface area (Å²) in [5.74, 6) is -0.379. The zero-order chi connectivity index (χ0) is 15.9. The molecule has 0 heterocycles. The molecule has 1 fully saturated rings. The van der Waals surface area contributed by atoms with Crippen molar-refractivity contribution in [3.05, 3.63) is 0 Å². The number of ether oxygens (including phenoxy) is 3. The van der Waals surface area contributed by atoms with Gasteiger partial charge in [-0.05, 0) is 32.1 Å². The van der Waals surface area contributed by atoms with Crippen molar-refractivity contribution in [2.45, 2.75) is 71.8 Å². The van der Waals surface area contributed by atoms with Crippen LogP contribution in [0.15, 0.2) is 0 Å². The summed E-state index contributed by atoms with van der Waals surface area (Å²) in [4.78, 5) is 20.7. The van der Waals surface area contributed by atoms with E-state index in [0.29, 0.717) is 13.2 Å². The first kappa shape index (κ1) is 19.9. The van der Waals surface area contributed by atoms with E-state index >= 15 is 0 Å². The van der Waals surface area contributed by atoms with E-state index in [1.807, 2.05) is 0 Å². The van der Waals surface area contributed by atoms with Crippen molar-refractivity contribution in [2.75, 3.05) is 19.8 Å². The molecule has 0 aromatic rings. The smallest absolute Gasteiger partial charge is 0.302 e. The van der Waals surface area contributed by atoms with Crippen LogP contribution in [0.3, 0.4) is 0 Å². The van der Waals surface area contributed by atoms with E-state index in [1.54, 1.807) is 0 Å². The van der Waals surface area contributed by atoms with Gasteiger partial charge in [0.25, 0.3) is 0 Å². The van der Waals surface area contributed by atoms with E-state index < -0.39 is 0 Å². The number of rotatable bonds is 7. The Morgan fingerprint density at radius 1 is 0.952 bits per heavy atom. The van der Waals surface area contributed by atoms with Crippen LogP contribution in [0.2, 0.25) is 0 Å². The molecule has 1 saturated carbocycles. The van der Waals surface area contributed by atoms with Gasteiger partial charge in [0.15, 0.2) is 0 Å². The van der Waals surface area contributed by atoms with Gasteiger partial charge in [-0.3, -0.25) is 9.59 Å². The van der Waals surface area contributed by atoms with Crippen molar-refractivity contribution in [1.82, 2.24) is 0 Å². The van der Waals surface area contributed by atoms with Crippen LogP contribution in [-0.4, -0.2) is 37.9 Å². The molecular formula is C16H30O5. The fourth-order valence-electron chi connectivity index (χ4n) is 2.01. The van der Waals surface area contributed by atoms with Gasteiger partial charge in [0, 0.05) is 20.5 Å². The van der Waals surface area contributed by atoms with Crippen LogP contribution in [0.1, 0.15) is 65.7 Å². The molecule has 0 aromatic heterocycles. The topological polar surface area (TPSA) is 61.8 Å². The monoisotopic (exact) mass is 302 g/mol. The Bertz CT molecular complexity index is 272. The van der Waals surface area contributed by atoms with Crippen LogP contribution < -0.4 is 0 Å². The first-order chi connectivity index (χ1) is 10.1. The van der Waals surface area contributed by atoms with E-state index in [-0.39, 0.29) is 18.0 Å². The highest BCUT2D eigenvalue weighted by molar-refractivity contribution is 5.66. The van der Waals surface area contributed by atoms with E-state index in [9.17, 15) is 9.59 Å². The third-order valence-corrected chi connectivity index (χ3v) is 3.06. The molecule has 1 aliphatic rings. The minimum Gasteiger partial charge on any atom is -0.463 e. The molecule has 1 rings (SSSR count). The zero-order valence-corrected chi connectivity index (χ0v) is 13.7. The van der Waals surface area contributed by atoms with Crippen LogP contribution in [-0.2, 0) is 23.8 Å². The van der Waals surface area contributed by atoms with Crippen LogP contribution in [0.4, 0.5) is 0 Å². The largest absolute Gasteiger partial charge is 0.463 e. The van der Waals surface area contributed by atoms with Gasteiger partial charge in [-0.1, -0.05) is 19.8 Å². The Kier molecular flexibility index (Phi) is 13.1. The number of carbonyl (C=O) groups is 2. The molecule has 124 valence electrons. The van der Waals surface area contributed by atoms with Crippen LogP contribution in [0, 0.1) is 0 Å². The van der Waals surface area contributed by atoms with Crippen molar-refractivity contribution >= 4 is 11.9 Å². The molecule has 0 N–H and O–H groups in total. The number of unbranched alkanes of at least 4 members (excludes halogenated alkanes) is 1. The fourth-order valence-corrected chi connectivity index (χ4v) is 2.01. The molecule has 0 radical (unpaired) electrons. The van der Waals surface area contributed by atoms with E-state index in [0.717, 1.165) is 32.3 Å². The number of hydrogen-bond donors (Lipinski definition) is 0. The molecule has 0 amide bonds. The van der Waals surface area contributed by atoms with Gasteiger partial charge >= 0.3 is 11.9 Å². The summed E-state index contributed by atoms with van der Waals surface area (Å²) in [6.07, 6.45) is 8.31. The SMILES string of the molecule is CC(=O)OC1CCCCC1.CCCCOCCOC(C)=O. The van der Waals surface area contributed by atoms with Crippen molar-refractivity contribution < 1.29 is 23.8 Å². The average molecular weight is 302 g/mol. The average Bonchev–Trinajstić information content (AvgIpc) is 2.43. The van der Waals surface area contributed by atoms with Crippen molar-refractivity contribution in [2.24, 2.45) is 0 Å². The zero-order valence-electron chi connectivity index (χ0n) is 13.7. The minimum atomic E-state index is -0.246. The minimum absolute atomic E-state index is 0.132. The lowest BCUT2D eigenvalue weighted by molar-refractivity contribution is -0.147. The molecule has 5 nitrogen and oxygen atoms in total. The normalized spacial score (nSPS) is 14.8. The summed E-state index contributed by atoms with van der Waals surface area (Å²) in [5, 5.41) is 0. The maximum Gasteiger partial charge on any atom is 0.302 e. The Labute approximate surface area is 128 Å². The van der Waals surface area contributed by atoms with Gasteiger partial charge in [-0.2, -0.15) is 0 Å². The first-order valence-corrected chi connectivity index (χ1v) is 7.94. The van der Waals surface area contributed by atoms with Crippen molar-refractivity contribution in [1.29, 1.82) is 0 Å². The Hall–Kier alpha value is -1.10. The van der Waals surface area contributed by atoms with Crippen LogP contribution in [0.5, 0.6) is 0 Å². The van der Waals surface area contributed by atoms with Crippen molar-refractivity contribution in [3.63, 3.8) is 0 Å². The van der Waals surface area contributed by atoms with Gasteiger partial charge in [-0.15, -0.1) is 0 Å². The van der Waals surface area contributed by atoms with Gasteiger partial charge in [0.1, 0.15) is 12.7 Å². The van der Waals surface area contributed by atoms with Crippen LogP contribution >= 0.6 is 0 Å². The third-order valence-electron chi connectivity index (χ3n) is 3.06. The molecule has 0 bridgehead atoms. The molecule has 21 heavy (non-hydrogen) atoms. The summed E-state index contributed by atoms with van der Waals surface area (Å²) in [6, 6.07) is 0.